The number of hydrogen-bond acceptors (Lipinski definition) is 3. The lowest BCUT2D eigenvalue weighted by atomic mass is 10.1. The van der Waals surface area contributed by atoms with Gasteiger partial charge in [-0.15, -0.1) is 0 Å². The van der Waals surface area contributed by atoms with E-state index in [-0.39, 0.29) is 5.78 Å². The number of methoxy groups -OCH3 is 1. The molecule has 0 saturated heterocycles. The van der Waals surface area contributed by atoms with E-state index < -0.39 is 0 Å². The van der Waals surface area contributed by atoms with Crippen molar-refractivity contribution in [3.63, 3.8) is 0 Å². The molecule has 0 aliphatic heterocycles. The topological polar surface area (TPSA) is 38.3 Å². The summed E-state index contributed by atoms with van der Waals surface area (Å²) in [5.74, 6) is 0.953. The van der Waals surface area contributed by atoms with E-state index in [0.717, 1.165) is 15.8 Å². The SMILES string of the molecule is CNCC(=O)Cc1ccc(OC)c(Br)c1. The molecule has 1 rings (SSSR count). The highest BCUT2D eigenvalue weighted by Gasteiger charge is 2.05. The average molecular weight is 272 g/mol. The lowest BCUT2D eigenvalue weighted by Crippen LogP contribution is -2.20. The largest absolute Gasteiger partial charge is 0.496 e. The van der Waals surface area contributed by atoms with Crippen LogP contribution in [0, 0.1) is 0 Å². The molecule has 0 spiro atoms. The quantitative estimate of drug-likeness (QED) is 0.888. The van der Waals surface area contributed by atoms with Gasteiger partial charge in [0, 0.05) is 6.42 Å². The van der Waals surface area contributed by atoms with Crippen LogP contribution in [0.4, 0.5) is 0 Å². The molecule has 0 amide bonds. The molecule has 0 aliphatic carbocycles. The van der Waals surface area contributed by atoms with E-state index in [9.17, 15) is 4.79 Å². The first-order chi connectivity index (χ1) is 7.17. The fraction of sp³-hybridized carbons (Fsp3) is 0.364. The van der Waals surface area contributed by atoms with Gasteiger partial charge < -0.3 is 10.1 Å². The number of carbonyl (C=O) groups excluding carboxylic acids is 1. The first-order valence-electron chi connectivity index (χ1n) is 4.66. The van der Waals surface area contributed by atoms with Crippen LogP contribution in [0.3, 0.4) is 0 Å². The van der Waals surface area contributed by atoms with Crippen LogP contribution in [0.25, 0.3) is 0 Å². The van der Waals surface area contributed by atoms with Gasteiger partial charge in [0.25, 0.3) is 0 Å². The van der Waals surface area contributed by atoms with Gasteiger partial charge in [0.2, 0.25) is 0 Å². The number of benzene rings is 1. The maximum absolute atomic E-state index is 11.4. The van der Waals surface area contributed by atoms with Gasteiger partial charge in [-0.25, -0.2) is 0 Å². The van der Waals surface area contributed by atoms with E-state index >= 15 is 0 Å². The Hall–Kier alpha value is -0.870. The average Bonchev–Trinajstić information content (AvgIpc) is 2.18. The van der Waals surface area contributed by atoms with Crippen molar-refractivity contribution < 1.29 is 9.53 Å². The van der Waals surface area contributed by atoms with Crippen molar-refractivity contribution in [2.24, 2.45) is 0 Å². The summed E-state index contributed by atoms with van der Waals surface area (Å²) in [4.78, 5) is 11.4. The van der Waals surface area contributed by atoms with Crippen molar-refractivity contribution in [1.82, 2.24) is 5.32 Å². The molecule has 0 radical (unpaired) electrons. The van der Waals surface area contributed by atoms with Crippen LogP contribution < -0.4 is 10.1 Å². The van der Waals surface area contributed by atoms with E-state index in [1.807, 2.05) is 18.2 Å². The molecule has 15 heavy (non-hydrogen) atoms. The van der Waals surface area contributed by atoms with Crippen molar-refractivity contribution in [3.05, 3.63) is 28.2 Å². The molecule has 0 unspecified atom stereocenters. The second-order valence-corrected chi connectivity index (χ2v) is 4.07. The Kier molecular flexibility index (Phi) is 4.78. The summed E-state index contributed by atoms with van der Waals surface area (Å²) in [6.45, 7) is 0.406. The van der Waals surface area contributed by atoms with Crippen LogP contribution in [-0.4, -0.2) is 26.5 Å². The molecule has 0 fully saturated rings. The second-order valence-electron chi connectivity index (χ2n) is 3.21. The molecule has 4 heteroatoms. The van der Waals surface area contributed by atoms with Crippen molar-refractivity contribution in [2.45, 2.75) is 6.42 Å². The Balaban J connectivity index is 2.71. The smallest absolute Gasteiger partial charge is 0.150 e. The van der Waals surface area contributed by atoms with E-state index in [4.69, 9.17) is 4.74 Å². The zero-order valence-corrected chi connectivity index (χ0v) is 10.4. The fourth-order valence-corrected chi connectivity index (χ4v) is 1.90. The lowest BCUT2D eigenvalue weighted by molar-refractivity contribution is -0.117. The zero-order valence-electron chi connectivity index (χ0n) is 8.84. The summed E-state index contributed by atoms with van der Waals surface area (Å²) < 4.78 is 5.98. The van der Waals surface area contributed by atoms with Crippen LogP contribution in [0.15, 0.2) is 22.7 Å². The summed E-state index contributed by atoms with van der Waals surface area (Å²) in [6.07, 6.45) is 0.448. The lowest BCUT2D eigenvalue weighted by Gasteiger charge is -2.05. The van der Waals surface area contributed by atoms with Crippen LogP contribution in [-0.2, 0) is 11.2 Å². The number of ketones is 1. The number of halogens is 1. The van der Waals surface area contributed by atoms with E-state index in [1.165, 1.54) is 0 Å². The third-order valence-electron chi connectivity index (χ3n) is 1.99. The highest BCUT2D eigenvalue weighted by atomic mass is 79.9. The van der Waals surface area contributed by atoms with Gasteiger partial charge >= 0.3 is 0 Å². The molecule has 1 aromatic carbocycles. The molecule has 0 atom stereocenters. The maximum atomic E-state index is 11.4. The minimum absolute atomic E-state index is 0.176. The fourth-order valence-electron chi connectivity index (χ4n) is 1.31. The molecule has 82 valence electrons. The Morgan fingerprint density at radius 1 is 1.53 bits per heavy atom. The first kappa shape index (κ1) is 12.2. The highest BCUT2D eigenvalue weighted by Crippen LogP contribution is 2.25. The minimum Gasteiger partial charge on any atom is -0.496 e. The van der Waals surface area contributed by atoms with E-state index in [2.05, 4.69) is 21.2 Å². The summed E-state index contributed by atoms with van der Waals surface area (Å²) >= 11 is 3.38. The molecule has 3 nitrogen and oxygen atoms in total. The summed E-state index contributed by atoms with van der Waals surface area (Å²) in [5.41, 5.74) is 0.989. The molecule has 1 N–H and O–H groups in total. The predicted octanol–water partition coefficient (Wildman–Crippen LogP) is 1.79. The molecular weight excluding hydrogens is 258 g/mol. The summed E-state index contributed by atoms with van der Waals surface area (Å²) in [6, 6.07) is 5.66. The minimum atomic E-state index is 0.176. The van der Waals surface area contributed by atoms with Crippen LogP contribution >= 0.6 is 15.9 Å². The standard InChI is InChI=1S/C11H14BrNO2/c1-13-7-9(14)5-8-3-4-11(15-2)10(12)6-8/h3-4,6,13H,5,7H2,1-2H3. The molecule has 0 heterocycles. The number of Topliss-reactive ketones (excluding diaryl/α,β-unsaturated/α-hetero) is 1. The number of rotatable bonds is 5. The monoisotopic (exact) mass is 271 g/mol. The molecule has 0 saturated carbocycles. The normalized spacial score (nSPS) is 10.1. The highest BCUT2D eigenvalue weighted by molar-refractivity contribution is 9.10. The molecular formula is C11H14BrNO2. The first-order valence-corrected chi connectivity index (χ1v) is 5.45. The van der Waals surface area contributed by atoms with Crippen LogP contribution in [0.1, 0.15) is 5.56 Å². The van der Waals surface area contributed by atoms with Gasteiger partial charge in [-0.2, -0.15) is 0 Å². The third-order valence-corrected chi connectivity index (χ3v) is 2.61. The Labute approximate surface area is 97.9 Å². The van der Waals surface area contributed by atoms with Crippen molar-refractivity contribution >= 4 is 21.7 Å². The van der Waals surface area contributed by atoms with Gasteiger partial charge in [-0.05, 0) is 40.7 Å². The second kappa shape index (κ2) is 5.88. The zero-order chi connectivity index (χ0) is 11.3. The Morgan fingerprint density at radius 3 is 2.80 bits per heavy atom. The molecule has 0 aromatic heterocycles. The molecule has 0 bridgehead atoms. The van der Waals surface area contributed by atoms with Gasteiger partial charge in [0.1, 0.15) is 5.75 Å². The molecule has 0 aliphatic rings. The van der Waals surface area contributed by atoms with Gasteiger partial charge in [-0.3, -0.25) is 4.79 Å². The number of ether oxygens (including phenoxy) is 1. The summed E-state index contributed by atoms with van der Waals surface area (Å²) in [5, 5.41) is 2.84. The van der Waals surface area contributed by atoms with E-state index in [0.29, 0.717) is 13.0 Å². The third kappa shape index (κ3) is 3.64. The Morgan fingerprint density at radius 2 is 2.27 bits per heavy atom. The van der Waals surface area contributed by atoms with E-state index in [1.54, 1.807) is 14.2 Å². The predicted molar refractivity (Wildman–Crippen MR) is 63.3 cm³/mol. The maximum Gasteiger partial charge on any atom is 0.150 e. The van der Waals surface area contributed by atoms with Gasteiger partial charge in [-0.1, -0.05) is 6.07 Å². The van der Waals surface area contributed by atoms with Gasteiger partial charge in [0.05, 0.1) is 18.1 Å². The number of nitrogens with one attached hydrogen (secondary N) is 1. The van der Waals surface area contributed by atoms with Crippen LogP contribution in [0.2, 0.25) is 0 Å². The number of carbonyl (C=O) groups is 1. The molecule has 1 aromatic rings. The number of likely N-dealkylation sites (N-methyl/N-ethyl adjacent to an activating group) is 1. The van der Waals surface area contributed by atoms with Crippen molar-refractivity contribution in [2.75, 3.05) is 20.7 Å². The van der Waals surface area contributed by atoms with Crippen molar-refractivity contribution in [1.29, 1.82) is 0 Å². The number of hydrogen-bond donors (Lipinski definition) is 1. The Bertz CT molecular complexity index is 352. The van der Waals surface area contributed by atoms with Crippen LogP contribution in [0.5, 0.6) is 5.75 Å². The van der Waals surface area contributed by atoms with Gasteiger partial charge in [0.15, 0.2) is 5.78 Å². The summed E-state index contributed by atoms with van der Waals surface area (Å²) in [7, 11) is 3.38. The van der Waals surface area contributed by atoms with Crippen molar-refractivity contribution in [3.8, 4) is 5.75 Å².